The molecule has 5 rings (SSSR count). The monoisotopic (exact) mass is 561 g/mol. The van der Waals surface area contributed by atoms with Crippen LogP contribution in [0.25, 0.3) is 6.08 Å². The molecule has 0 bridgehead atoms. The number of benzene rings is 4. The molecule has 2 amide bonds. The molecule has 202 valence electrons. The number of nitrogens with one attached hydrogen (secondary N) is 1. The number of methoxy groups -OCH3 is 1. The van der Waals surface area contributed by atoms with E-state index in [0.29, 0.717) is 45.4 Å². The van der Waals surface area contributed by atoms with Crippen LogP contribution >= 0.6 is 12.2 Å². The fraction of sp³-hybridized carbons (Fsp3) is 0.0625. The third kappa shape index (κ3) is 6.24. The maximum absolute atomic E-state index is 13.5. The highest BCUT2D eigenvalue weighted by molar-refractivity contribution is 7.80. The Morgan fingerprint density at radius 3 is 2.27 bits per heavy atom. The minimum Gasteiger partial charge on any atom is -0.496 e. The van der Waals surface area contributed by atoms with Crippen LogP contribution in [0.2, 0.25) is 0 Å². The molecule has 1 saturated heterocycles. The van der Waals surface area contributed by atoms with Crippen molar-refractivity contribution in [3.05, 3.63) is 119 Å². The van der Waals surface area contributed by atoms with Gasteiger partial charge in [-0.25, -0.2) is 0 Å². The summed E-state index contributed by atoms with van der Waals surface area (Å²) in [4.78, 5) is 27.6. The van der Waals surface area contributed by atoms with Gasteiger partial charge in [0.25, 0.3) is 11.8 Å². The number of ether oxygens (including phenoxy) is 3. The molecule has 1 fully saturated rings. The molecule has 41 heavy (non-hydrogen) atoms. The van der Waals surface area contributed by atoms with E-state index in [0.717, 1.165) is 0 Å². The molecule has 4 aromatic carbocycles. The lowest BCUT2D eigenvalue weighted by atomic mass is 10.0. The van der Waals surface area contributed by atoms with Crippen LogP contribution < -0.4 is 24.4 Å². The maximum Gasteiger partial charge on any atom is 0.270 e. The molecular formula is C32H23N3O5S. The first-order valence-corrected chi connectivity index (χ1v) is 12.9. The number of hydrogen-bond donors (Lipinski definition) is 1. The van der Waals surface area contributed by atoms with Crippen LogP contribution in [0.15, 0.2) is 103 Å². The van der Waals surface area contributed by atoms with Gasteiger partial charge in [-0.15, -0.1) is 0 Å². The molecule has 1 aliphatic heterocycles. The van der Waals surface area contributed by atoms with E-state index in [-0.39, 0.29) is 17.3 Å². The van der Waals surface area contributed by atoms with Crippen molar-refractivity contribution in [1.29, 1.82) is 5.26 Å². The van der Waals surface area contributed by atoms with E-state index in [2.05, 4.69) is 11.4 Å². The number of amides is 2. The zero-order valence-corrected chi connectivity index (χ0v) is 22.7. The normalized spacial score (nSPS) is 13.9. The average Bonchev–Trinajstić information content (AvgIpc) is 3.00. The number of hydrogen-bond acceptors (Lipinski definition) is 7. The molecular weight excluding hydrogens is 538 g/mol. The van der Waals surface area contributed by atoms with E-state index >= 15 is 0 Å². The highest BCUT2D eigenvalue weighted by atomic mass is 32.1. The van der Waals surface area contributed by atoms with Crippen molar-refractivity contribution in [2.45, 2.75) is 6.61 Å². The summed E-state index contributed by atoms with van der Waals surface area (Å²) in [5, 5.41) is 11.6. The molecule has 0 aliphatic carbocycles. The van der Waals surface area contributed by atoms with Crippen molar-refractivity contribution in [3.63, 3.8) is 0 Å². The molecule has 0 spiro atoms. The Labute approximate surface area is 242 Å². The number of nitriles is 1. The van der Waals surface area contributed by atoms with E-state index in [1.165, 1.54) is 11.0 Å². The van der Waals surface area contributed by atoms with Crippen LogP contribution in [0.5, 0.6) is 23.0 Å². The highest BCUT2D eigenvalue weighted by Gasteiger charge is 2.34. The second kappa shape index (κ2) is 12.2. The summed E-state index contributed by atoms with van der Waals surface area (Å²) in [6.07, 6.45) is 1.50. The van der Waals surface area contributed by atoms with Crippen molar-refractivity contribution in [3.8, 4) is 29.1 Å². The minimum absolute atomic E-state index is 0.0138. The molecule has 0 aromatic heterocycles. The van der Waals surface area contributed by atoms with Gasteiger partial charge in [0, 0.05) is 5.56 Å². The third-order valence-electron chi connectivity index (χ3n) is 6.17. The van der Waals surface area contributed by atoms with Gasteiger partial charge < -0.3 is 14.2 Å². The lowest BCUT2D eigenvalue weighted by Crippen LogP contribution is -2.54. The molecule has 0 unspecified atom stereocenters. The van der Waals surface area contributed by atoms with Gasteiger partial charge in [-0.05, 0) is 96.7 Å². The summed E-state index contributed by atoms with van der Waals surface area (Å²) in [6, 6.07) is 30.3. The van der Waals surface area contributed by atoms with E-state index < -0.39 is 11.8 Å². The summed E-state index contributed by atoms with van der Waals surface area (Å²) < 4.78 is 17.2. The van der Waals surface area contributed by atoms with Gasteiger partial charge in [0.15, 0.2) is 5.11 Å². The number of para-hydroxylation sites is 1. The molecule has 1 aliphatic rings. The van der Waals surface area contributed by atoms with Gasteiger partial charge in [-0.3, -0.25) is 19.8 Å². The minimum atomic E-state index is -0.591. The number of anilines is 1. The first kappa shape index (κ1) is 27.1. The second-order valence-electron chi connectivity index (χ2n) is 8.86. The Kier molecular flexibility index (Phi) is 8.04. The molecule has 9 heteroatoms. The second-order valence-corrected chi connectivity index (χ2v) is 9.25. The Morgan fingerprint density at radius 2 is 1.59 bits per heavy atom. The van der Waals surface area contributed by atoms with Crippen molar-refractivity contribution in [2.24, 2.45) is 0 Å². The summed E-state index contributed by atoms with van der Waals surface area (Å²) >= 11 is 5.33. The lowest BCUT2D eigenvalue weighted by Gasteiger charge is -2.29. The van der Waals surface area contributed by atoms with Crippen LogP contribution in [-0.4, -0.2) is 24.0 Å². The SMILES string of the molecule is COc1ccc(/C=C2\C(=O)NC(=S)N(c3ccc(Oc4ccccc4)cc3)C2=O)cc1COc1ccc(C#N)cc1. The topological polar surface area (TPSA) is 101 Å². The number of rotatable bonds is 8. The standard InChI is InChI=1S/C32H23N3O5S/c1-38-29-16-9-22(17-23(29)20-39-25-12-7-21(19-33)8-13-25)18-28-30(36)34-32(41)35(31(28)37)24-10-14-27(15-11-24)40-26-5-3-2-4-6-26/h2-18H,20H2,1H3,(H,34,36,41)/b28-18+. The van der Waals surface area contributed by atoms with Gasteiger partial charge in [-0.1, -0.05) is 24.3 Å². The van der Waals surface area contributed by atoms with E-state index in [4.69, 9.17) is 31.7 Å². The zero-order valence-electron chi connectivity index (χ0n) is 21.9. The maximum atomic E-state index is 13.5. The summed E-state index contributed by atoms with van der Waals surface area (Å²) in [7, 11) is 1.55. The smallest absolute Gasteiger partial charge is 0.270 e. The summed E-state index contributed by atoms with van der Waals surface area (Å²) in [5.41, 5.74) is 2.24. The number of thiocarbonyl (C=S) groups is 1. The summed E-state index contributed by atoms with van der Waals surface area (Å²) in [6.45, 7) is 0.167. The lowest BCUT2D eigenvalue weighted by molar-refractivity contribution is -0.122. The molecule has 1 N–H and O–H groups in total. The number of nitrogens with zero attached hydrogens (tertiary/aromatic N) is 2. The highest BCUT2D eigenvalue weighted by Crippen LogP contribution is 2.28. The quantitative estimate of drug-likeness (QED) is 0.166. The molecule has 0 atom stereocenters. The Hall–Kier alpha value is -5.46. The Balaban J connectivity index is 1.36. The molecule has 8 nitrogen and oxygen atoms in total. The fourth-order valence-corrected chi connectivity index (χ4v) is 4.42. The predicted octanol–water partition coefficient (Wildman–Crippen LogP) is 5.77. The van der Waals surface area contributed by atoms with E-state index in [1.807, 2.05) is 30.3 Å². The average molecular weight is 562 g/mol. The summed E-state index contributed by atoms with van der Waals surface area (Å²) in [5.74, 6) is 1.29. The van der Waals surface area contributed by atoms with Crippen molar-refractivity contribution >= 4 is 40.9 Å². The van der Waals surface area contributed by atoms with Gasteiger partial charge >= 0.3 is 0 Å². The van der Waals surface area contributed by atoms with Crippen LogP contribution in [0, 0.1) is 11.3 Å². The van der Waals surface area contributed by atoms with Gasteiger partial charge in [0.2, 0.25) is 0 Å². The number of carbonyl (C=O) groups excluding carboxylic acids is 2. The largest absolute Gasteiger partial charge is 0.496 e. The van der Waals surface area contributed by atoms with Crippen LogP contribution in [0.4, 0.5) is 5.69 Å². The van der Waals surface area contributed by atoms with Crippen LogP contribution in [0.3, 0.4) is 0 Å². The zero-order chi connectivity index (χ0) is 28.8. The van der Waals surface area contributed by atoms with Gasteiger partial charge in [-0.2, -0.15) is 5.26 Å². The predicted molar refractivity (Wildman–Crippen MR) is 158 cm³/mol. The van der Waals surface area contributed by atoms with Crippen molar-refractivity contribution < 1.29 is 23.8 Å². The fourth-order valence-electron chi connectivity index (χ4n) is 4.13. The van der Waals surface area contributed by atoms with Gasteiger partial charge in [0.05, 0.1) is 24.4 Å². The Morgan fingerprint density at radius 1 is 0.902 bits per heavy atom. The molecule has 0 radical (unpaired) electrons. The Bertz CT molecular complexity index is 1680. The van der Waals surface area contributed by atoms with Crippen LogP contribution in [0.1, 0.15) is 16.7 Å². The van der Waals surface area contributed by atoms with Crippen molar-refractivity contribution in [1.82, 2.24) is 5.32 Å². The van der Waals surface area contributed by atoms with Crippen molar-refractivity contribution in [2.75, 3.05) is 12.0 Å². The van der Waals surface area contributed by atoms with E-state index in [1.54, 1.807) is 73.8 Å². The third-order valence-corrected chi connectivity index (χ3v) is 6.45. The van der Waals surface area contributed by atoms with E-state index in [9.17, 15) is 9.59 Å². The van der Waals surface area contributed by atoms with Crippen LogP contribution in [-0.2, 0) is 16.2 Å². The van der Waals surface area contributed by atoms with Gasteiger partial charge in [0.1, 0.15) is 35.2 Å². The molecule has 1 heterocycles. The molecule has 0 saturated carbocycles. The molecule has 4 aromatic rings. The first-order chi connectivity index (χ1) is 19.9. The number of carbonyl (C=O) groups is 2. The first-order valence-electron chi connectivity index (χ1n) is 12.5.